The minimum absolute atomic E-state index is 0.0192. The largest absolute Gasteiger partial charge is 0.344 e. The van der Waals surface area contributed by atoms with Gasteiger partial charge in [0, 0.05) is 36.3 Å². The molecule has 2 aliphatic heterocycles. The molecule has 0 saturated carbocycles. The molecule has 1 unspecified atom stereocenters. The zero-order valence-electron chi connectivity index (χ0n) is 20.3. The maximum atomic E-state index is 13.4. The molecule has 10 nitrogen and oxygen atoms in total. The normalized spacial score (nSPS) is 17.8. The Morgan fingerprint density at radius 2 is 1.83 bits per heavy atom. The average Bonchev–Trinajstić information content (AvgIpc) is 3.41. The highest BCUT2D eigenvalue weighted by Crippen LogP contribution is 2.22. The molecule has 3 heterocycles. The minimum atomic E-state index is -0.622. The van der Waals surface area contributed by atoms with Crippen LogP contribution in [-0.2, 0) is 15.8 Å². The van der Waals surface area contributed by atoms with E-state index in [1.807, 2.05) is 50.0 Å². The summed E-state index contributed by atoms with van der Waals surface area (Å²) < 4.78 is 2.53. The Bertz CT molecular complexity index is 1080. The van der Waals surface area contributed by atoms with Crippen LogP contribution >= 0.6 is 22.6 Å². The molecule has 0 spiro atoms. The SMILES string of the molecule is CCC(C)[C@@H](NC(=O)Nc1ccc(CI)cc1)C(=O)N1CCN(N2Cc3cnc(C)n3C2=O)CC1. The zero-order chi connectivity index (χ0) is 25.1. The lowest BCUT2D eigenvalue weighted by molar-refractivity contribution is -0.138. The van der Waals surface area contributed by atoms with Gasteiger partial charge in [0.2, 0.25) is 5.91 Å². The number of anilines is 1. The van der Waals surface area contributed by atoms with Crippen LogP contribution in [0, 0.1) is 12.8 Å². The standard InChI is InChI=1S/C24H32IN7O3/c1-4-16(2)21(28-23(34)27-19-7-5-18(13-25)6-8-19)22(33)29-9-11-30(12-10-29)31-15-20-14-26-17(3)32(20)24(31)35/h5-8,14,16,21H,4,9-13,15H2,1-3H3,(H2,27,28,34)/t16?,21-/m1/s1. The van der Waals surface area contributed by atoms with Gasteiger partial charge >= 0.3 is 12.1 Å². The molecule has 2 aromatic rings. The lowest BCUT2D eigenvalue weighted by atomic mass is 9.97. The number of hydrogen-bond donors (Lipinski definition) is 2. The Morgan fingerprint density at radius 1 is 1.14 bits per heavy atom. The van der Waals surface area contributed by atoms with Crippen molar-refractivity contribution in [2.45, 2.75) is 44.2 Å². The number of amides is 4. The third-order valence-electron chi connectivity index (χ3n) is 6.78. The first kappa shape index (κ1) is 25.4. The van der Waals surface area contributed by atoms with Gasteiger partial charge in [0.25, 0.3) is 0 Å². The fourth-order valence-corrected chi connectivity index (χ4v) is 4.95. The number of aryl methyl sites for hydroxylation is 1. The fourth-order valence-electron chi connectivity index (χ4n) is 4.44. The number of urea groups is 1. The van der Waals surface area contributed by atoms with Gasteiger partial charge in [0.1, 0.15) is 11.9 Å². The Balaban J connectivity index is 1.34. The highest BCUT2D eigenvalue weighted by atomic mass is 127. The lowest BCUT2D eigenvalue weighted by Crippen LogP contribution is -2.59. The van der Waals surface area contributed by atoms with Crippen LogP contribution in [-0.4, -0.2) is 74.7 Å². The molecule has 2 aliphatic rings. The number of carbonyl (C=O) groups excluding carboxylic acids is 3. The summed E-state index contributed by atoms with van der Waals surface area (Å²) in [5.74, 6) is 0.575. The van der Waals surface area contributed by atoms with Gasteiger partial charge in [-0.1, -0.05) is 55.0 Å². The molecule has 1 fully saturated rings. The van der Waals surface area contributed by atoms with E-state index >= 15 is 0 Å². The molecule has 0 radical (unpaired) electrons. The first-order chi connectivity index (χ1) is 16.8. The first-order valence-corrected chi connectivity index (χ1v) is 13.5. The molecule has 1 saturated heterocycles. The van der Waals surface area contributed by atoms with Gasteiger partial charge in [-0.05, 0) is 30.5 Å². The van der Waals surface area contributed by atoms with Crippen LogP contribution in [0.2, 0.25) is 0 Å². The molecule has 11 heteroatoms. The van der Waals surface area contributed by atoms with Gasteiger partial charge < -0.3 is 15.5 Å². The van der Waals surface area contributed by atoms with Crippen LogP contribution < -0.4 is 10.6 Å². The van der Waals surface area contributed by atoms with Crippen LogP contribution in [0.3, 0.4) is 0 Å². The number of rotatable bonds is 7. The summed E-state index contributed by atoms with van der Waals surface area (Å²) >= 11 is 2.29. The van der Waals surface area contributed by atoms with Crippen LogP contribution in [0.4, 0.5) is 15.3 Å². The number of piperazine rings is 1. The van der Waals surface area contributed by atoms with Crippen molar-refractivity contribution < 1.29 is 14.4 Å². The summed E-state index contributed by atoms with van der Waals surface area (Å²) in [6.07, 6.45) is 2.49. The number of benzene rings is 1. The number of hydrazine groups is 1. The second kappa shape index (κ2) is 10.9. The molecule has 35 heavy (non-hydrogen) atoms. The Labute approximate surface area is 219 Å². The number of halogens is 1. The monoisotopic (exact) mass is 593 g/mol. The van der Waals surface area contributed by atoms with Gasteiger partial charge in [-0.25, -0.2) is 24.1 Å². The summed E-state index contributed by atoms with van der Waals surface area (Å²) in [5.41, 5.74) is 2.74. The average molecular weight is 593 g/mol. The maximum absolute atomic E-state index is 13.4. The van der Waals surface area contributed by atoms with Crippen molar-refractivity contribution in [3.05, 3.63) is 47.5 Å². The van der Waals surface area contributed by atoms with Gasteiger partial charge in [0.05, 0.1) is 18.4 Å². The molecule has 4 rings (SSSR count). The molecule has 188 valence electrons. The summed E-state index contributed by atoms with van der Waals surface area (Å²) in [6, 6.07) is 6.55. The fraction of sp³-hybridized carbons (Fsp3) is 0.500. The van der Waals surface area contributed by atoms with Crippen LogP contribution in [0.1, 0.15) is 37.4 Å². The second-order valence-corrected chi connectivity index (χ2v) is 9.81. The van der Waals surface area contributed by atoms with Crippen LogP contribution in [0.5, 0.6) is 0 Å². The number of carbonyl (C=O) groups is 3. The van der Waals surface area contributed by atoms with E-state index in [2.05, 4.69) is 38.2 Å². The Hall–Kier alpha value is -2.67. The van der Waals surface area contributed by atoms with Crippen LogP contribution in [0.15, 0.2) is 30.5 Å². The molecular formula is C24H32IN7O3. The van der Waals surface area contributed by atoms with Gasteiger partial charge in [-0.3, -0.25) is 9.80 Å². The number of hydrogen-bond acceptors (Lipinski definition) is 5. The maximum Gasteiger partial charge on any atom is 0.344 e. The van der Waals surface area contributed by atoms with Gasteiger partial charge in [-0.2, -0.15) is 0 Å². The van der Waals surface area contributed by atoms with E-state index in [4.69, 9.17) is 0 Å². The molecule has 1 aromatic carbocycles. The Morgan fingerprint density at radius 3 is 2.43 bits per heavy atom. The highest BCUT2D eigenvalue weighted by molar-refractivity contribution is 14.1. The Kier molecular flexibility index (Phi) is 7.95. The summed E-state index contributed by atoms with van der Waals surface area (Å²) in [6.45, 7) is 8.38. The van der Waals surface area contributed by atoms with E-state index in [-0.39, 0.29) is 17.9 Å². The van der Waals surface area contributed by atoms with Crippen molar-refractivity contribution in [3.63, 3.8) is 0 Å². The van der Waals surface area contributed by atoms with Crippen molar-refractivity contribution >= 4 is 46.2 Å². The number of fused-ring (bicyclic) bond motifs is 1. The highest BCUT2D eigenvalue weighted by Gasteiger charge is 2.37. The van der Waals surface area contributed by atoms with Crippen molar-refractivity contribution in [1.29, 1.82) is 0 Å². The quantitative estimate of drug-likeness (QED) is 0.380. The molecular weight excluding hydrogens is 561 g/mol. The van der Waals surface area contributed by atoms with Crippen molar-refractivity contribution in [2.75, 3.05) is 31.5 Å². The molecule has 4 amide bonds. The second-order valence-electron chi connectivity index (χ2n) is 9.04. The van der Waals surface area contributed by atoms with Gasteiger partial charge in [0.15, 0.2) is 0 Å². The third-order valence-corrected chi connectivity index (χ3v) is 7.66. The van der Waals surface area contributed by atoms with E-state index in [9.17, 15) is 14.4 Å². The number of nitrogens with zero attached hydrogens (tertiary/aromatic N) is 5. The number of imidazole rings is 1. The molecule has 2 atom stereocenters. The topological polar surface area (TPSA) is 103 Å². The molecule has 0 bridgehead atoms. The first-order valence-electron chi connectivity index (χ1n) is 11.9. The minimum Gasteiger partial charge on any atom is -0.338 e. The predicted octanol–water partition coefficient (Wildman–Crippen LogP) is 3.21. The van der Waals surface area contributed by atoms with Crippen LogP contribution in [0.25, 0.3) is 0 Å². The lowest BCUT2D eigenvalue weighted by Gasteiger charge is -2.40. The number of alkyl halides is 1. The van der Waals surface area contributed by atoms with Crippen molar-refractivity contribution in [1.82, 2.24) is 29.8 Å². The molecule has 2 N–H and O–H groups in total. The smallest absolute Gasteiger partial charge is 0.338 e. The zero-order valence-corrected chi connectivity index (χ0v) is 22.5. The molecule has 0 aliphatic carbocycles. The van der Waals surface area contributed by atoms with E-state index in [1.165, 1.54) is 5.56 Å². The van der Waals surface area contributed by atoms with E-state index in [0.29, 0.717) is 44.2 Å². The number of nitrogens with one attached hydrogen (secondary N) is 2. The van der Waals surface area contributed by atoms with Crippen molar-refractivity contribution in [3.8, 4) is 0 Å². The summed E-state index contributed by atoms with van der Waals surface area (Å²) in [4.78, 5) is 44.9. The van der Waals surface area contributed by atoms with Crippen molar-refractivity contribution in [2.24, 2.45) is 5.92 Å². The van der Waals surface area contributed by atoms with Gasteiger partial charge in [-0.15, -0.1) is 0 Å². The summed E-state index contributed by atoms with van der Waals surface area (Å²) in [7, 11) is 0. The van der Waals surface area contributed by atoms with E-state index in [0.717, 1.165) is 16.5 Å². The third kappa shape index (κ3) is 5.45. The molecule has 1 aromatic heterocycles. The number of aromatic nitrogens is 2. The predicted molar refractivity (Wildman–Crippen MR) is 141 cm³/mol. The van der Waals surface area contributed by atoms with E-state index < -0.39 is 12.1 Å². The summed E-state index contributed by atoms with van der Waals surface area (Å²) in [5, 5.41) is 9.46. The van der Waals surface area contributed by atoms with E-state index in [1.54, 1.807) is 20.7 Å².